The van der Waals surface area contributed by atoms with Crippen molar-refractivity contribution in [3.63, 3.8) is 0 Å². The molecule has 6 fully saturated rings. The first-order valence-electron chi connectivity index (χ1n) is 16.1. The molecular formula is C32H53N2O5+. The number of nitrogens with zero attached hydrogens (tertiary/aromatic N) is 2. The van der Waals surface area contributed by atoms with Crippen LogP contribution in [0, 0.1) is 34.5 Å². The number of fused-ring (bicyclic) bond motifs is 5. The van der Waals surface area contributed by atoms with Crippen molar-refractivity contribution in [2.75, 3.05) is 46.4 Å². The summed E-state index contributed by atoms with van der Waals surface area (Å²) >= 11 is 0. The molecule has 6 rings (SSSR count). The van der Waals surface area contributed by atoms with Gasteiger partial charge in [-0.15, -0.1) is 0 Å². The zero-order valence-electron chi connectivity index (χ0n) is 25.2. The number of hydrogen-bond donors (Lipinski definition) is 0. The van der Waals surface area contributed by atoms with Crippen molar-refractivity contribution in [1.82, 2.24) is 4.90 Å². The number of carbonyl (C=O) groups is 2. The van der Waals surface area contributed by atoms with Crippen molar-refractivity contribution in [2.45, 2.75) is 110 Å². The number of esters is 2. The fourth-order valence-corrected chi connectivity index (χ4v) is 11.7. The van der Waals surface area contributed by atoms with Crippen molar-refractivity contribution in [3.05, 3.63) is 0 Å². The first-order chi connectivity index (χ1) is 18.6. The lowest BCUT2D eigenvalue weighted by Gasteiger charge is -2.67. The summed E-state index contributed by atoms with van der Waals surface area (Å²) < 4.78 is 19.2. The van der Waals surface area contributed by atoms with E-state index in [1.165, 1.54) is 51.6 Å². The van der Waals surface area contributed by atoms with Gasteiger partial charge in [-0.05, 0) is 68.6 Å². The molecule has 10 atom stereocenters. The Balaban J connectivity index is 1.40. The molecule has 0 aromatic heterocycles. The van der Waals surface area contributed by atoms with Gasteiger partial charge in [-0.3, -0.25) is 14.5 Å². The van der Waals surface area contributed by atoms with Crippen LogP contribution in [0.25, 0.3) is 0 Å². The topological polar surface area (TPSA) is 65.1 Å². The quantitative estimate of drug-likeness (QED) is 0.385. The molecule has 0 radical (unpaired) electrons. The van der Waals surface area contributed by atoms with Crippen LogP contribution in [-0.4, -0.2) is 92.1 Å². The molecule has 0 spiro atoms. The molecule has 0 amide bonds. The zero-order valence-corrected chi connectivity index (χ0v) is 25.2. The monoisotopic (exact) mass is 545 g/mol. The van der Waals surface area contributed by atoms with Crippen molar-refractivity contribution in [2.24, 2.45) is 34.5 Å². The summed E-state index contributed by atoms with van der Waals surface area (Å²) in [6, 6.07) is 0.690. The van der Waals surface area contributed by atoms with Crippen molar-refractivity contribution < 1.29 is 28.3 Å². The van der Waals surface area contributed by atoms with Crippen LogP contribution in [0.2, 0.25) is 0 Å². The average molecular weight is 546 g/mol. The third-order valence-corrected chi connectivity index (χ3v) is 13.1. The molecule has 0 N–H and O–H groups in total. The summed E-state index contributed by atoms with van der Waals surface area (Å²) in [5, 5.41) is 0. The Bertz CT molecular complexity index is 945. The third-order valence-electron chi connectivity index (χ3n) is 13.1. The largest absolute Gasteiger partial charge is 0.462 e. The number of quaternary nitrogens is 1. The van der Waals surface area contributed by atoms with E-state index in [4.69, 9.17) is 14.2 Å². The fraction of sp³-hybridized carbons (Fsp3) is 0.938. The second-order valence-electron chi connectivity index (χ2n) is 14.8. The van der Waals surface area contributed by atoms with E-state index < -0.39 is 0 Å². The number of morpholine rings is 1. The van der Waals surface area contributed by atoms with Crippen LogP contribution in [0.5, 0.6) is 0 Å². The second-order valence-corrected chi connectivity index (χ2v) is 14.8. The summed E-state index contributed by atoms with van der Waals surface area (Å²) in [5.74, 6) is 2.33. The maximum atomic E-state index is 12.5. The van der Waals surface area contributed by atoms with Gasteiger partial charge in [0.2, 0.25) is 0 Å². The smallest absolute Gasteiger partial charge is 0.302 e. The van der Waals surface area contributed by atoms with Crippen LogP contribution in [-0.2, 0) is 23.8 Å². The average Bonchev–Trinajstić information content (AvgIpc) is 3.47. The van der Waals surface area contributed by atoms with E-state index in [1.807, 2.05) is 0 Å². The van der Waals surface area contributed by atoms with E-state index in [0.717, 1.165) is 50.0 Å². The van der Waals surface area contributed by atoms with E-state index in [-0.39, 0.29) is 41.0 Å². The van der Waals surface area contributed by atoms with Gasteiger partial charge in [0.05, 0.1) is 33.4 Å². The SMILES string of the molecule is CC(=O)OC1CC2CC[C@@H]3[C@@H](CC[C@]4(C)C(OC(C)=O)CC[C@@H]34)[C@@]2(C)C([N+]2(C)CCCC2)C1N1CCOCC1. The van der Waals surface area contributed by atoms with E-state index in [0.29, 0.717) is 29.7 Å². The first kappa shape index (κ1) is 28.0. The minimum absolute atomic E-state index is 0.0375. The number of hydrogen-bond acceptors (Lipinski definition) is 6. The Kier molecular flexibility index (Phi) is 7.36. The fourth-order valence-electron chi connectivity index (χ4n) is 11.7. The number of likely N-dealkylation sites (tertiary alicyclic amines) is 1. The summed E-state index contributed by atoms with van der Waals surface area (Å²) in [6.07, 6.45) is 10.7. The van der Waals surface area contributed by atoms with Crippen LogP contribution in [0.3, 0.4) is 0 Å². The normalized spacial score (nSPS) is 47.5. The van der Waals surface area contributed by atoms with Gasteiger partial charge in [0, 0.05) is 50.6 Å². The maximum Gasteiger partial charge on any atom is 0.302 e. The predicted molar refractivity (Wildman–Crippen MR) is 149 cm³/mol. The van der Waals surface area contributed by atoms with E-state index in [1.54, 1.807) is 13.8 Å². The van der Waals surface area contributed by atoms with Gasteiger partial charge in [-0.2, -0.15) is 0 Å². The van der Waals surface area contributed by atoms with E-state index in [9.17, 15) is 9.59 Å². The van der Waals surface area contributed by atoms with Gasteiger partial charge in [-0.25, -0.2) is 0 Å². The Morgan fingerprint density at radius 2 is 1.59 bits per heavy atom. The Morgan fingerprint density at radius 3 is 2.26 bits per heavy atom. The number of rotatable bonds is 4. The number of ether oxygens (including phenoxy) is 3. The molecule has 6 aliphatic rings. The summed E-state index contributed by atoms with van der Waals surface area (Å²) in [6.45, 7) is 14.1. The molecule has 2 aliphatic heterocycles. The highest BCUT2D eigenvalue weighted by Gasteiger charge is 2.69. The van der Waals surface area contributed by atoms with Crippen molar-refractivity contribution >= 4 is 11.9 Å². The maximum absolute atomic E-state index is 12.5. The molecule has 5 unspecified atom stereocenters. The molecule has 0 bridgehead atoms. The Morgan fingerprint density at radius 1 is 0.897 bits per heavy atom. The molecular weight excluding hydrogens is 492 g/mol. The molecule has 0 aromatic rings. The summed E-state index contributed by atoms with van der Waals surface area (Å²) in [5.41, 5.74) is 0.304. The first-order valence-corrected chi connectivity index (χ1v) is 16.1. The van der Waals surface area contributed by atoms with Gasteiger partial charge >= 0.3 is 11.9 Å². The lowest BCUT2D eigenvalue weighted by Crippen LogP contribution is -2.76. The molecule has 7 heteroatoms. The number of likely N-dealkylation sites (N-methyl/N-ethyl adjacent to an activating group) is 1. The molecule has 4 aliphatic carbocycles. The molecule has 39 heavy (non-hydrogen) atoms. The Hall–Kier alpha value is -1.18. The van der Waals surface area contributed by atoms with Gasteiger partial charge in [-0.1, -0.05) is 13.8 Å². The van der Waals surface area contributed by atoms with Crippen LogP contribution in [0.15, 0.2) is 0 Å². The second kappa shape index (κ2) is 10.3. The lowest BCUT2D eigenvalue weighted by atomic mass is 9.43. The van der Waals surface area contributed by atoms with Crippen molar-refractivity contribution in [1.29, 1.82) is 0 Å². The van der Waals surface area contributed by atoms with Crippen LogP contribution < -0.4 is 0 Å². The number of carbonyl (C=O) groups excluding carboxylic acids is 2. The molecule has 2 heterocycles. The predicted octanol–water partition coefficient (Wildman–Crippen LogP) is 4.42. The van der Waals surface area contributed by atoms with Crippen LogP contribution in [0.1, 0.15) is 85.5 Å². The van der Waals surface area contributed by atoms with Gasteiger partial charge in [0.15, 0.2) is 0 Å². The minimum atomic E-state index is -0.130. The summed E-state index contributed by atoms with van der Waals surface area (Å²) in [7, 11) is 2.53. The minimum Gasteiger partial charge on any atom is -0.462 e. The van der Waals surface area contributed by atoms with Gasteiger partial charge < -0.3 is 18.7 Å². The highest BCUT2D eigenvalue weighted by molar-refractivity contribution is 5.66. The van der Waals surface area contributed by atoms with Gasteiger partial charge in [0.25, 0.3) is 0 Å². The highest BCUT2D eigenvalue weighted by atomic mass is 16.5. The molecule has 7 nitrogen and oxygen atoms in total. The molecule has 220 valence electrons. The summed E-state index contributed by atoms with van der Waals surface area (Å²) in [4.78, 5) is 27.1. The van der Waals surface area contributed by atoms with E-state index in [2.05, 4.69) is 25.8 Å². The third kappa shape index (κ3) is 4.48. The lowest BCUT2D eigenvalue weighted by molar-refractivity contribution is -0.935. The standard InChI is InChI=1S/C32H53N2O5/c1-21(35)38-27-20-23-8-9-24-25-10-11-28(39-22(2)36)31(25,3)13-12-26(24)32(23,4)30(34(5)16-6-7-17-34)29(27)33-14-18-37-19-15-33/h23-30H,6-20H2,1-5H3/q+1/t23?,24-,25-,26+,27?,28?,29?,30?,31-,32-/m0/s1. The molecule has 0 aromatic carbocycles. The van der Waals surface area contributed by atoms with Crippen LogP contribution in [0.4, 0.5) is 0 Å². The van der Waals surface area contributed by atoms with Crippen molar-refractivity contribution in [3.8, 4) is 0 Å². The van der Waals surface area contributed by atoms with E-state index >= 15 is 0 Å². The van der Waals surface area contributed by atoms with Gasteiger partial charge in [0.1, 0.15) is 24.3 Å². The van der Waals surface area contributed by atoms with Crippen LogP contribution >= 0.6 is 0 Å². The molecule has 2 saturated heterocycles. The zero-order chi connectivity index (χ0) is 27.6. The Labute approximate surface area is 235 Å². The highest BCUT2D eigenvalue weighted by Crippen LogP contribution is 2.68. The molecule has 4 saturated carbocycles.